The number of amides is 1. The number of rotatable bonds is 6. The lowest BCUT2D eigenvalue weighted by molar-refractivity contribution is -0.119. The van der Waals surface area contributed by atoms with Crippen molar-refractivity contribution in [2.24, 2.45) is 0 Å². The number of sulfonamides is 1. The molecule has 0 heterocycles. The first-order valence-electron chi connectivity index (χ1n) is 8.63. The molecule has 0 spiro atoms. The van der Waals surface area contributed by atoms with Crippen LogP contribution in [0, 0.1) is 20.8 Å². The Bertz CT molecular complexity index is 890. The maximum atomic E-state index is 13.0. The number of anilines is 1. The van der Waals surface area contributed by atoms with Crippen LogP contribution in [0.25, 0.3) is 0 Å². The number of hydrogen-bond donors (Lipinski definition) is 1. The Balaban J connectivity index is 2.25. The van der Waals surface area contributed by atoms with E-state index in [2.05, 4.69) is 5.32 Å². The van der Waals surface area contributed by atoms with E-state index in [1.54, 1.807) is 44.2 Å². The molecule has 0 aliphatic heterocycles. The number of benzene rings is 2. The molecule has 0 aliphatic carbocycles. The minimum Gasteiger partial charge on any atom is -0.325 e. The summed E-state index contributed by atoms with van der Waals surface area (Å²) in [5.41, 5.74) is 3.66. The lowest BCUT2D eigenvalue weighted by Gasteiger charge is -2.26. The van der Waals surface area contributed by atoms with Gasteiger partial charge in [0.1, 0.15) is 6.04 Å². The second-order valence-corrected chi connectivity index (χ2v) is 8.38. The van der Waals surface area contributed by atoms with Crippen LogP contribution in [0.15, 0.2) is 47.4 Å². The van der Waals surface area contributed by atoms with E-state index in [4.69, 9.17) is 0 Å². The summed E-state index contributed by atoms with van der Waals surface area (Å²) < 4.78 is 27.3. The zero-order chi connectivity index (χ0) is 19.5. The first-order chi connectivity index (χ1) is 12.2. The van der Waals surface area contributed by atoms with Gasteiger partial charge in [-0.2, -0.15) is 4.31 Å². The van der Waals surface area contributed by atoms with Crippen LogP contribution < -0.4 is 5.32 Å². The first kappa shape index (κ1) is 20.1. The average Bonchev–Trinajstić information content (AvgIpc) is 2.59. The maximum absolute atomic E-state index is 13.0. The van der Waals surface area contributed by atoms with Crippen LogP contribution in [0.5, 0.6) is 0 Å². The van der Waals surface area contributed by atoms with Gasteiger partial charge in [0, 0.05) is 12.2 Å². The van der Waals surface area contributed by atoms with Gasteiger partial charge in [0.15, 0.2) is 0 Å². The Morgan fingerprint density at radius 1 is 1.04 bits per heavy atom. The highest BCUT2D eigenvalue weighted by atomic mass is 32.2. The summed E-state index contributed by atoms with van der Waals surface area (Å²) in [6.07, 6.45) is 0. The van der Waals surface area contributed by atoms with E-state index >= 15 is 0 Å². The first-order valence-corrected chi connectivity index (χ1v) is 10.1. The maximum Gasteiger partial charge on any atom is 0.243 e. The Hall–Kier alpha value is -2.18. The fourth-order valence-corrected chi connectivity index (χ4v) is 4.36. The van der Waals surface area contributed by atoms with Crippen molar-refractivity contribution in [1.29, 1.82) is 0 Å². The van der Waals surface area contributed by atoms with Crippen LogP contribution in [0.1, 0.15) is 30.5 Å². The number of hydrogen-bond acceptors (Lipinski definition) is 3. The van der Waals surface area contributed by atoms with Crippen molar-refractivity contribution in [3.8, 4) is 0 Å². The Morgan fingerprint density at radius 2 is 1.65 bits per heavy atom. The third-order valence-corrected chi connectivity index (χ3v) is 6.57. The fraction of sp³-hybridized carbons (Fsp3) is 0.350. The fourth-order valence-electron chi connectivity index (χ4n) is 2.68. The lowest BCUT2D eigenvalue weighted by atomic mass is 10.1. The Kier molecular flexibility index (Phi) is 6.21. The summed E-state index contributed by atoms with van der Waals surface area (Å²) in [6.45, 7) is 9.31. The lowest BCUT2D eigenvalue weighted by Crippen LogP contribution is -2.45. The molecule has 0 aliphatic rings. The van der Waals surface area contributed by atoms with Crippen molar-refractivity contribution in [2.75, 3.05) is 11.9 Å². The van der Waals surface area contributed by atoms with E-state index in [1.807, 2.05) is 32.9 Å². The molecule has 0 aromatic heterocycles. The van der Waals surface area contributed by atoms with Crippen molar-refractivity contribution in [3.63, 3.8) is 0 Å². The minimum atomic E-state index is -3.76. The largest absolute Gasteiger partial charge is 0.325 e. The molecule has 1 atom stereocenters. The molecule has 0 bridgehead atoms. The van der Waals surface area contributed by atoms with Crippen LogP contribution in [0.4, 0.5) is 5.69 Å². The molecule has 2 rings (SSSR count). The van der Waals surface area contributed by atoms with Crippen molar-refractivity contribution in [1.82, 2.24) is 4.31 Å². The summed E-state index contributed by atoms with van der Waals surface area (Å²) in [7, 11) is -3.76. The molecule has 0 saturated carbocycles. The molecule has 6 heteroatoms. The molecule has 26 heavy (non-hydrogen) atoms. The van der Waals surface area contributed by atoms with E-state index in [9.17, 15) is 13.2 Å². The van der Waals surface area contributed by atoms with Gasteiger partial charge in [0.25, 0.3) is 0 Å². The summed E-state index contributed by atoms with van der Waals surface area (Å²) >= 11 is 0. The van der Waals surface area contributed by atoms with Gasteiger partial charge >= 0.3 is 0 Å². The second-order valence-electron chi connectivity index (χ2n) is 6.49. The van der Waals surface area contributed by atoms with Gasteiger partial charge in [0.2, 0.25) is 15.9 Å². The highest BCUT2D eigenvalue weighted by Crippen LogP contribution is 2.21. The van der Waals surface area contributed by atoms with Gasteiger partial charge in [-0.15, -0.1) is 0 Å². The third kappa shape index (κ3) is 4.31. The molecule has 1 N–H and O–H groups in total. The van der Waals surface area contributed by atoms with Crippen LogP contribution in [0.2, 0.25) is 0 Å². The van der Waals surface area contributed by atoms with Crippen LogP contribution in [0.3, 0.4) is 0 Å². The van der Waals surface area contributed by atoms with Crippen LogP contribution in [-0.2, 0) is 14.8 Å². The van der Waals surface area contributed by atoms with E-state index in [0.717, 1.165) is 16.7 Å². The normalized spacial score (nSPS) is 12.8. The Morgan fingerprint density at radius 3 is 2.19 bits per heavy atom. The van der Waals surface area contributed by atoms with Gasteiger partial charge in [-0.05, 0) is 63.1 Å². The molecule has 5 nitrogen and oxygen atoms in total. The number of carbonyl (C=O) groups excluding carboxylic acids is 1. The monoisotopic (exact) mass is 374 g/mol. The van der Waals surface area contributed by atoms with E-state index in [1.165, 1.54) is 4.31 Å². The number of aryl methyl sites for hydroxylation is 3. The molecule has 0 fully saturated rings. The van der Waals surface area contributed by atoms with Crippen molar-refractivity contribution < 1.29 is 13.2 Å². The molecular formula is C20H26N2O3S. The zero-order valence-corrected chi connectivity index (χ0v) is 16.7. The topological polar surface area (TPSA) is 66.5 Å². The predicted octanol–water partition coefficient (Wildman–Crippen LogP) is 3.65. The standard InChI is InChI=1S/C20H26N2O3S/c1-6-22(26(24,25)19-12-9-15(3)16(4)13-19)17(5)20(23)21-18-10-7-14(2)8-11-18/h7-13,17H,6H2,1-5H3,(H,21,23)/t17-/m0/s1. The predicted molar refractivity (Wildman–Crippen MR) is 105 cm³/mol. The van der Waals surface area contributed by atoms with Crippen LogP contribution in [-0.4, -0.2) is 31.2 Å². The smallest absolute Gasteiger partial charge is 0.243 e. The minimum absolute atomic E-state index is 0.206. The third-order valence-electron chi connectivity index (χ3n) is 4.53. The summed E-state index contributed by atoms with van der Waals surface area (Å²) in [6, 6.07) is 11.6. The number of likely N-dealkylation sites (N-methyl/N-ethyl adjacent to an activating group) is 1. The van der Waals surface area contributed by atoms with Crippen molar-refractivity contribution in [3.05, 3.63) is 59.2 Å². The van der Waals surface area contributed by atoms with Gasteiger partial charge in [-0.3, -0.25) is 4.79 Å². The van der Waals surface area contributed by atoms with Crippen molar-refractivity contribution >= 4 is 21.6 Å². The highest BCUT2D eigenvalue weighted by Gasteiger charge is 2.32. The molecule has 140 valence electrons. The zero-order valence-electron chi connectivity index (χ0n) is 15.9. The van der Waals surface area contributed by atoms with Gasteiger partial charge < -0.3 is 5.32 Å². The number of carbonyl (C=O) groups is 1. The van der Waals surface area contributed by atoms with E-state index < -0.39 is 16.1 Å². The van der Waals surface area contributed by atoms with Crippen molar-refractivity contribution in [2.45, 2.75) is 45.6 Å². The molecule has 1 amide bonds. The quantitative estimate of drug-likeness (QED) is 0.839. The van der Waals surface area contributed by atoms with Gasteiger partial charge in [-0.25, -0.2) is 8.42 Å². The molecule has 0 unspecified atom stereocenters. The molecule has 0 saturated heterocycles. The summed E-state index contributed by atoms with van der Waals surface area (Å²) in [4.78, 5) is 12.8. The number of nitrogens with one attached hydrogen (secondary N) is 1. The molecule has 0 radical (unpaired) electrons. The highest BCUT2D eigenvalue weighted by molar-refractivity contribution is 7.89. The summed E-state index contributed by atoms with van der Waals surface area (Å²) in [5.74, 6) is -0.358. The van der Waals surface area contributed by atoms with Gasteiger partial charge in [-0.1, -0.05) is 30.7 Å². The van der Waals surface area contributed by atoms with Crippen LogP contribution >= 0.6 is 0 Å². The van der Waals surface area contributed by atoms with E-state index in [-0.39, 0.29) is 17.3 Å². The Labute approximate surface area is 156 Å². The second kappa shape index (κ2) is 8.01. The molecular weight excluding hydrogens is 348 g/mol. The molecule has 2 aromatic rings. The number of nitrogens with zero attached hydrogens (tertiary/aromatic N) is 1. The average molecular weight is 375 g/mol. The SMILES string of the molecule is CCN([C@@H](C)C(=O)Nc1ccc(C)cc1)S(=O)(=O)c1ccc(C)c(C)c1. The summed E-state index contributed by atoms with van der Waals surface area (Å²) in [5, 5.41) is 2.78. The van der Waals surface area contributed by atoms with E-state index in [0.29, 0.717) is 5.69 Å². The molecule has 2 aromatic carbocycles. The van der Waals surface area contributed by atoms with Gasteiger partial charge in [0.05, 0.1) is 4.90 Å².